The standard InChI is InChI=1S/C15H22ClN/c1-4-13(11-17-10-12(2)3)9-14-5-7-15(16)8-6-14/h5-9,12,17H,4,10-11H2,1-3H3. The fourth-order valence-corrected chi connectivity index (χ4v) is 1.72. The highest BCUT2D eigenvalue weighted by molar-refractivity contribution is 6.30. The molecule has 1 rings (SSSR count). The van der Waals surface area contributed by atoms with Crippen LogP contribution in [0.25, 0.3) is 6.08 Å². The minimum absolute atomic E-state index is 0.698. The summed E-state index contributed by atoms with van der Waals surface area (Å²) in [6.07, 6.45) is 3.32. The summed E-state index contributed by atoms with van der Waals surface area (Å²) in [6.45, 7) is 8.68. The summed E-state index contributed by atoms with van der Waals surface area (Å²) < 4.78 is 0. The van der Waals surface area contributed by atoms with Crippen molar-refractivity contribution in [2.45, 2.75) is 27.2 Å². The van der Waals surface area contributed by atoms with Gasteiger partial charge in [-0.2, -0.15) is 0 Å². The molecule has 1 aromatic carbocycles. The fraction of sp³-hybridized carbons (Fsp3) is 0.467. The molecule has 94 valence electrons. The maximum atomic E-state index is 5.87. The van der Waals surface area contributed by atoms with E-state index in [1.165, 1.54) is 11.1 Å². The minimum Gasteiger partial charge on any atom is -0.313 e. The Labute approximate surface area is 110 Å². The van der Waals surface area contributed by atoms with Gasteiger partial charge in [0.15, 0.2) is 0 Å². The van der Waals surface area contributed by atoms with Crippen molar-refractivity contribution in [2.24, 2.45) is 5.92 Å². The quantitative estimate of drug-likeness (QED) is 0.791. The van der Waals surface area contributed by atoms with Crippen molar-refractivity contribution in [1.29, 1.82) is 0 Å². The number of nitrogens with one attached hydrogen (secondary N) is 1. The number of halogens is 1. The van der Waals surface area contributed by atoms with Gasteiger partial charge in [0.1, 0.15) is 0 Å². The summed E-state index contributed by atoms with van der Waals surface area (Å²) in [4.78, 5) is 0. The Morgan fingerprint density at radius 3 is 2.47 bits per heavy atom. The third-order valence-electron chi connectivity index (χ3n) is 2.60. The molecule has 1 aromatic rings. The number of hydrogen-bond donors (Lipinski definition) is 1. The molecule has 1 N–H and O–H groups in total. The lowest BCUT2D eigenvalue weighted by molar-refractivity contribution is 0.569. The van der Waals surface area contributed by atoms with Crippen LogP contribution in [0.15, 0.2) is 29.8 Å². The lowest BCUT2D eigenvalue weighted by Gasteiger charge is -2.09. The van der Waals surface area contributed by atoms with Crippen LogP contribution in [0.4, 0.5) is 0 Å². The largest absolute Gasteiger partial charge is 0.313 e. The van der Waals surface area contributed by atoms with Crippen molar-refractivity contribution in [3.63, 3.8) is 0 Å². The van der Waals surface area contributed by atoms with Crippen LogP contribution in [0.1, 0.15) is 32.8 Å². The van der Waals surface area contributed by atoms with Gasteiger partial charge in [0, 0.05) is 11.6 Å². The molecule has 0 atom stereocenters. The predicted molar refractivity (Wildman–Crippen MR) is 77.4 cm³/mol. The van der Waals surface area contributed by atoms with Gasteiger partial charge in [-0.15, -0.1) is 0 Å². The average molecular weight is 252 g/mol. The third kappa shape index (κ3) is 5.90. The summed E-state index contributed by atoms with van der Waals surface area (Å²) in [5.41, 5.74) is 2.64. The average Bonchev–Trinajstić information content (AvgIpc) is 2.30. The smallest absolute Gasteiger partial charge is 0.0406 e. The van der Waals surface area contributed by atoms with Gasteiger partial charge in [-0.05, 0) is 36.6 Å². The molecule has 0 unspecified atom stereocenters. The zero-order valence-corrected chi connectivity index (χ0v) is 11.7. The van der Waals surface area contributed by atoms with Crippen LogP contribution in [0.2, 0.25) is 5.02 Å². The summed E-state index contributed by atoms with van der Waals surface area (Å²) in [6, 6.07) is 7.98. The Hall–Kier alpha value is -0.790. The molecule has 0 aliphatic heterocycles. The molecule has 0 saturated carbocycles. The van der Waals surface area contributed by atoms with Gasteiger partial charge >= 0.3 is 0 Å². The first-order valence-electron chi connectivity index (χ1n) is 6.27. The van der Waals surface area contributed by atoms with Gasteiger partial charge in [-0.1, -0.05) is 56.2 Å². The number of hydrogen-bond acceptors (Lipinski definition) is 1. The third-order valence-corrected chi connectivity index (χ3v) is 2.85. The molecule has 0 saturated heterocycles. The first-order chi connectivity index (χ1) is 8.11. The van der Waals surface area contributed by atoms with Crippen LogP contribution in [-0.4, -0.2) is 13.1 Å². The maximum Gasteiger partial charge on any atom is 0.0406 e. The molecule has 0 spiro atoms. The Balaban J connectivity index is 2.57. The molecule has 0 amide bonds. The second-order valence-electron chi connectivity index (χ2n) is 4.73. The molecular weight excluding hydrogens is 230 g/mol. The van der Waals surface area contributed by atoms with Gasteiger partial charge < -0.3 is 5.32 Å². The highest BCUT2D eigenvalue weighted by atomic mass is 35.5. The van der Waals surface area contributed by atoms with E-state index >= 15 is 0 Å². The van der Waals surface area contributed by atoms with Gasteiger partial charge in [0.25, 0.3) is 0 Å². The summed E-state index contributed by atoms with van der Waals surface area (Å²) in [7, 11) is 0. The number of rotatable bonds is 6. The SMILES string of the molecule is CCC(=Cc1ccc(Cl)cc1)CNCC(C)C. The zero-order chi connectivity index (χ0) is 12.7. The molecule has 0 aromatic heterocycles. The van der Waals surface area contributed by atoms with Crippen LogP contribution in [0.5, 0.6) is 0 Å². The van der Waals surface area contributed by atoms with Gasteiger partial charge in [-0.3, -0.25) is 0 Å². The van der Waals surface area contributed by atoms with E-state index in [2.05, 4.69) is 44.3 Å². The van der Waals surface area contributed by atoms with Crippen molar-refractivity contribution in [3.8, 4) is 0 Å². The zero-order valence-electron chi connectivity index (χ0n) is 11.0. The molecule has 17 heavy (non-hydrogen) atoms. The van der Waals surface area contributed by atoms with E-state index in [1.54, 1.807) is 0 Å². The van der Waals surface area contributed by atoms with Crippen molar-refractivity contribution in [3.05, 3.63) is 40.4 Å². The van der Waals surface area contributed by atoms with Crippen LogP contribution in [0.3, 0.4) is 0 Å². The van der Waals surface area contributed by atoms with Crippen molar-refractivity contribution >= 4 is 17.7 Å². The van der Waals surface area contributed by atoms with E-state index in [9.17, 15) is 0 Å². The summed E-state index contributed by atoms with van der Waals surface area (Å²) in [5.74, 6) is 0.698. The molecule has 2 heteroatoms. The molecule has 0 heterocycles. The van der Waals surface area contributed by atoms with Gasteiger partial charge in [-0.25, -0.2) is 0 Å². The summed E-state index contributed by atoms with van der Waals surface area (Å²) >= 11 is 5.87. The van der Waals surface area contributed by atoms with Crippen molar-refractivity contribution in [1.82, 2.24) is 5.32 Å². The lowest BCUT2D eigenvalue weighted by atomic mass is 10.1. The molecule has 0 radical (unpaired) electrons. The first kappa shape index (κ1) is 14.3. The van der Waals surface area contributed by atoms with E-state index in [-0.39, 0.29) is 0 Å². The van der Waals surface area contributed by atoms with E-state index in [0.717, 1.165) is 24.5 Å². The Bertz CT molecular complexity index is 352. The maximum absolute atomic E-state index is 5.87. The monoisotopic (exact) mass is 251 g/mol. The summed E-state index contributed by atoms with van der Waals surface area (Å²) in [5, 5.41) is 4.26. The van der Waals surface area contributed by atoms with E-state index in [4.69, 9.17) is 11.6 Å². The minimum atomic E-state index is 0.698. The fourth-order valence-electron chi connectivity index (χ4n) is 1.59. The van der Waals surface area contributed by atoms with Crippen LogP contribution in [-0.2, 0) is 0 Å². The van der Waals surface area contributed by atoms with Crippen molar-refractivity contribution < 1.29 is 0 Å². The van der Waals surface area contributed by atoms with Crippen molar-refractivity contribution in [2.75, 3.05) is 13.1 Å². The van der Waals surface area contributed by atoms with Crippen LogP contribution >= 0.6 is 11.6 Å². The number of benzene rings is 1. The highest BCUT2D eigenvalue weighted by Crippen LogP contribution is 2.13. The molecule has 1 nitrogen and oxygen atoms in total. The van der Waals surface area contributed by atoms with Crippen LogP contribution in [0, 0.1) is 5.92 Å². The Morgan fingerprint density at radius 1 is 1.29 bits per heavy atom. The molecule has 0 aliphatic carbocycles. The van der Waals surface area contributed by atoms with Gasteiger partial charge in [0.2, 0.25) is 0 Å². The molecule has 0 fully saturated rings. The molecule has 0 aliphatic rings. The topological polar surface area (TPSA) is 12.0 Å². The molecular formula is C15H22ClN. The Kier molecular flexibility index (Phi) is 6.31. The van der Waals surface area contributed by atoms with Gasteiger partial charge in [0.05, 0.1) is 0 Å². The van der Waals surface area contributed by atoms with Crippen LogP contribution < -0.4 is 5.32 Å². The lowest BCUT2D eigenvalue weighted by Crippen LogP contribution is -2.21. The first-order valence-corrected chi connectivity index (χ1v) is 6.65. The normalized spacial score (nSPS) is 12.2. The van der Waals surface area contributed by atoms with E-state index in [1.807, 2.05) is 12.1 Å². The highest BCUT2D eigenvalue weighted by Gasteiger charge is 1.97. The van der Waals surface area contributed by atoms with E-state index in [0.29, 0.717) is 5.92 Å². The molecule has 0 bridgehead atoms. The second kappa shape index (κ2) is 7.52. The Morgan fingerprint density at radius 2 is 1.94 bits per heavy atom. The van der Waals surface area contributed by atoms with E-state index < -0.39 is 0 Å². The second-order valence-corrected chi connectivity index (χ2v) is 5.17. The predicted octanol–water partition coefficient (Wildman–Crippen LogP) is 4.38.